The van der Waals surface area contributed by atoms with Crippen LogP contribution in [0.25, 0.3) is 0 Å². The maximum Gasteiger partial charge on any atom is 0.276 e. The Labute approximate surface area is 129 Å². The highest BCUT2D eigenvalue weighted by molar-refractivity contribution is 5.98. The van der Waals surface area contributed by atoms with Crippen molar-refractivity contribution < 1.29 is 9.90 Å². The number of aliphatic imine (C=N–C) groups is 1. The number of hydrogen-bond acceptors (Lipinski definition) is 4. The average molecular weight is 300 g/mol. The van der Waals surface area contributed by atoms with E-state index in [0.29, 0.717) is 30.0 Å². The van der Waals surface area contributed by atoms with Gasteiger partial charge in [0.05, 0.1) is 6.20 Å². The Balaban J connectivity index is 2.33. The highest BCUT2D eigenvalue weighted by atomic mass is 16.3. The highest BCUT2D eigenvalue weighted by Gasteiger charge is 2.20. The monoisotopic (exact) mass is 300 g/mol. The number of carbonyl (C=O) groups is 1. The van der Waals surface area contributed by atoms with Gasteiger partial charge in [0.15, 0.2) is 5.69 Å². The molecule has 0 atom stereocenters. The highest BCUT2D eigenvalue weighted by Crippen LogP contribution is 2.20. The van der Waals surface area contributed by atoms with Crippen LogP contribution >= 0.6 is 0 Å². The molecule has 0 saturated carbocycles. The molecule has 1 amide bonds. The molecule has 0 fully saturated rings. The minimum atomic E-state index is -0.143. The van der Waals surface area contributed by atoms with Gasteiger partial charge in [0.1, 0.15) is 11.4 Å². The Morgan fingerprint density at radius 3 is 2.68 bits per heavy atom. The van der Waals surface area contributed by atoms with Crippen LogP contribution in [-0.4, -0.2) is 45.0 Å². The molecule has 0 unspecified atom stereocenters. The molecule has 1 aromatic carbocycles. The summed E-state index contributed by atoms with van der Waals surface area (Å²) in [5, 5.41) is 14.0. The predicted molar refractivity (Wildman–Crippen MR) is 85.8 cm³/mol. The summed E-state index contributed by atoms with van der Waals surface area (Å²) in [5.74, 6) is 0.00166. The zero-order valence-corrected chi connectivity index (χ0v) is 13.0. The van der Waals surface area contributed by atoms with E-state index in [-0.39, 0.29) is 11.7 Å². The Bertz CT molecular complexity index is 687. The summed E-state index contributed by atoms with van der Waals surface area (Å²) >= 11 is 0. The molecule has 1 N–H and O–H groups in total. The van der Waals surface area contributed by atoms with E-state index in [9.17, 15) is 9.90 Å². The van der Waals surface area contributed by atoms with E-state index >= 15 is 0 Å². The van der Waals surface area contributed by atoms with Crippen molar-refractivity contribution in [2.45, 2.75) is 13.8 Å². The fourth-order valence-corrected chi connectivity index (χ4v) is 2.12. The Kier molecular flexibility index (Phi) is 4.93. The Hall–Kier alpha value is -2.63. The predicted octanol–water partition coefficient (Wildman–Crippen LogP) is 2.36. The summed E-state index contributed by atoms with van der Waals surface area (Å²) in [5.41, 5.74) is 1.40. The van der Waals surface area contributed by atoms with Gasteiger partial charge in [-0.05, 0) is 26.0 Å². The second kappa shape index (κ2) is 6.89. The second-order valence-electron chi connectivity index (χ2n) is 4.83. The smallest absolute Gasteiger partial charge is 0.276 e. The van der Waals surface area contributed by atoms with Crippen LogP contribution in [0.2, 0.25) is 0 Å². The van der Waals surface area contributed by atoms with Crippen molar-refractivity contribution in [2.75, 3.05) is 13.1 Å². The van der Waals surface area contributed by atoms with Crippen molar-refractivity contribution in [3.8, 4) is 5.75 Å². The lowest BCUT2D eigenvalue weighted by Crippen LogP contribution is -2.30. The molecule has 6 nitrogen and oxygen atoms in total. The zero-order valence-electron chi connectivity index (χ0n) is 13.0. The van der Waals surface area contributed by atoms with Crippen molar-refractivity contribution in [3.63, 3.8) is 0 Å². The van der Waals surface area contributed by atoms with Gasteiger partial charge in [-0.15, -0.1) is 0 Å². The fourth-order valence-electron chi connectivity index (χ4n) is 2.12. The number of aromatic hydroxyl groups is 1. The molecule has 0 aliphatic carbocycles. The normalized spacial score (nSPS) is 11.0. The number of aromatic nitrogens is 2. The number of amides is 1. The van der Waals surface area contributed by atoms with Crippen LogP contribution in [0, 0.1) is 0 Å². The van der Waals surface area contributed by atoms with E-state index in [4.69, 9.17) is 0 Å². The first-order valence-electron chi connectivity index (χ1n) is 7.21. The van der Waals surface area contributed by atoms with E-state index in [0.717, 1.165) is 0 Å². The third-order valence-electron chi connectivity index (χ3n) is 3.34. The van der Waals surface area contributed by atoms with Crippen LogP contribution in [-0.2, 0) is 7.05 Å². The zero-order chi connectivity index (χ0) is 16.1. The summed E-state index contributed by atoms with van der Waals surface area (Å²) in [6.45, 7) is 5.09. The van der Waals surface area contributed by atoms with Gasteiger partial charge in [0.25, 0.3) is 5.91 Å². The molecule has 0 saturated heterocycles. The third kappa shape index (κ3) is 3.33. The molecular formula is C16H20N4O2. The number of nitrogens with zero attached hydrogens (tertiary/aromatic N) is 4. The topological polar surface area (TPSA) is 70.7 Å². The summed E-state index contributed by atoms with van der Waals surface area (Å²) in [7, 11) is 1.75. The van der Waals surface area contributed by atoms with Crippen molar-refractivity contribution in [2.24, 2.45) is 12.0 Å². The van der Waals surface area contributed by atoms with E-state index in [1.165, 1.54) is 6.21 Å². The lowest BCUT2D eigenvalue weighted by Gasteiger charge is -2.17. The summed E-state index contributed by atoms with van der Waals surface area (Å²) < 4.78 is 1.56. The molecule has 0 aliphatic heterocycles. The molecule has 1 heterocycles. The fraction of sp³-hybridized carbons (Fsp3) is 0.312. The molecule has 0 radical (unpaired) electrons. The molecule has 6 heteroatoms. The minimum Gasteiger partial charge on any atom is -0.507 e. The van der Waals surface area contributed by atoms with Gasteiger partial charge in [0, 0.05) is 31.9 Å². The van der Waals surface area contributed by atoms with Crippen LogP contribution in [0.15, 0.2) is 35.5 Å². The first-order chi connectivity index (χ1) is 10.6. The van der Waals surface area contributed by atoms with E-state index < -0.39 is 0 Å². The summed E-state index contributed by atoms with van der Waals surface area (Å²) in [4.78, 5) is 18.5. The molecule has 22 heavy (non-hydrogen) atoms. The lowest BCUT2D eigenvalue weighted by atomic mass is 10.2. The lowest BCUT2D eigenvalue weighted by molar-refractivity contribution is 0.0767. The van der Waals surface area contributed by atoms with Gasteiger partial charge in [-0.3, -0.25) is 14.5 Å². The van der Waals surface area contributed by atoms with Crippen LogP contribution in [0.5, 0.6) is 5.75 Å². The maximum absolute atomic E-state index is 12.4. The number of para-hydroxylation sites is 1. The third-order valence-corrected chi connectivity index (χ3v) is 3.34. The van der Waals surface area contributed by atoms with Crippen molar-refractivity contribution >= 4 is 17.8 Å². The molecule has 116 valence electrons. The van der Waals surface area contributed by atoms with E-state index in [1.807, 2.05) is 19.9 Å². The SMILES string of the molecule is CCN(CC)C(=O)c1nn(C)cc1N=Cc1ccccc1O. The van der Waals surface area contributed by atoms with E-state index in [1.54, 1.807) is 41.0 Å². The molecule has 0 spiro atoms. The minimum absolute atomic E-state index is 0.143. The molecular weight excluding hydrogens is 280 g/mol. The summed E-state index contributed by atoms with van der Waals surface area (Å²) in [6.07, 6.45) is 3.22. The molecule has 2 aromatic rings. The van der Waals surface area contributed by atoms with Gasteiger partial charge in [0.2, 0.25) is 0 Å². The number of benzene rings is 1. The standard InChI is InChI=1S/C16H20N4O2/c1-4-20(5-2)16(22)15-13(11-19(3)18-15)17-10-12-8-6-7-9-14(12)21/h6-11,21H,4-5H2,1-3H3. The molecule has 0 aliphatic rings. The van der Waals surface area contributed by atoms with Crippen molar-refractivity contribution in [3.05, 3.63) is 41.7 Å². The van der Waals surface area contributed by atoms with Gasteiger partial charge >= 0.3 is 0 Å². The van der Waals surface area contributed by atoms with E-state index in [2.05, 4.69) is 10.1 Å². The van der Waals surface area contributed by atoms with Gasteiger partial charge in [-0.2, -0.15) is 5.10 Å². The first-order valence-corrected chi connectivity index (χ1v) is 7.21. The number of hydrogen-bond donors (Lipinski definition) is 1. The average Bonchev–Trinajstić information content (AvgIpc) is 2.88. The van der Waals surface area contributed by atoms with Crippen molar-refractivity contribution in [1.29, 1.82) is 0 Å². The van der Waals surface area contributed by atoms with Crippen LogP contribution in [0.1, 0.15) is 29.9 Å². The number of carbonyl (C=O) groups excluding carboxylic acids is 1. The second-order valence-corrected chi connectivity index (χ2v) is 4.83. The number of aryl methyl sites for hydroxylation is 1. The Morgan fingerprint density at radius 2 is 2.05 bits per heavy atom. The number of phenolic OH excluding ortho intramolecular Hbond substituents is 1. The van der Waals surface area contributed by atoms with Crippen molar-refractivity contribution in [1.82, 2.24) is 14.7 Å². The summed E-state index contributed by atoms with van der Waals surface area (Å²) in [6, 6.07) is 6.89. The quantitative estimate of drug-likeness (QED) is 0.862. The molecule has 2 rings (SSSR count). The first kappa shape index (κ1) is 15.8. The van der Waals surface area contributed by atoms with Crippen LogP contribution in [0.3, 0.4) is 0 Å². The van der Waals surface area contributed by atoms with Crippen LogP contribution in [0.4, 0.5) is 5.69 Å². The van der Waals surface area contributed by atoms with Crippen LogP contribution < -0.4 is 0 Å². The molecule has 0 bridgehead atoms. The number of phenols is 1. The Morgan fingerprint density at radius 1 is 1.36 bits per heavy atom. The number of rotatable bonds is 5. The van der Waals surface area contributed by atoms with Gasteiger partial charge < -0.3 is 10.0 Å². The largest absolute Gasteiger partial charge is 0.507 e. The molecule has 1 aromatic heterocycles. The van der Waals surface area contributed by atoms with Gasteiger partial charge in [-0.25, -0.2) is 0 Å². The maximum atomic E-state index is 12.4. The van der Waals surface area contributed by atoms with Gasteiger partial charge in [-0.1, -0.05) is 12.1 Å².